The highest BCUT2D eigenvalue weighted by Crippen LogP contribution is 2.18. The van der Waals surface area contributed by atoms with E-state index in [-0.39, 0.29) is 23.3 Å². The Kier molecular flexibility index (Phi) is 6.48. The van der Waals surface area contributed by atoms with Crippen LogP contribution in [0.4, 0.5) is 0 Å². The molecule has 6 nitrogen and oxygen atoms in total. The van der Waals surface area contributed by atoms with Gasteiger partial charge in [0.2, 0.25) is 5.91 Å². The molecule has 0 aliphatic heterocycles. The number of aryl methyl sites for hydroxylation is 1. The molecule has 0 aromatic carbocycles. The molecule has 0 bridgehead atoms. The third kappa shape index (κ3) is 4.41. The van der Waals surface area contributed by atoms with E-state index in [0.29, 0.717) is 22.7 Å². The first-order chi connectivity index (χ1) is 11.5. The predicted molar refractivity (Wildman–Crippen MR) is 98.6 cm³/mol. The average Bonchev–Trinajstić information content (AvgIpc) is 2.92. The first-order valence-electron chi connectivity index (χ1n) is 8.48. The molecule has 0 fully saturated rings. The Morgan fingerprint density at radius 3 is 2.88 bits per heavy atom. The van der Waals surface area contributed by atoms with Crippen molar-refractivity contribution in [1.29, 1.82) is 0 Å². The Labute approximate surface area is 146 Å². The lowest BCUT2D eigenvalue weighted by Crippen LogP contribution is -2.33. The maximum atomic E-state index is 12.7. The number of unbranched alkanes of at least 4 members (excludes halogenated alkanes) is 1. The molecule has 0 saturated heterocycles. The number of aromatic amines is 1. The molecule has 2 aromatic heterocycles. The molecule has 0 aliphatic rings. The van der Waals surface area contributed by atoms with Crippen molar-refractivity contribution in [3.05, 3.63) is 22.1 Å². The van der Waals surface area contributed by atoms with Crippen LogP contribution in [-0.4, -0.2) is 32.2 Å². The summed E-state index contributed by atoms with van der Waals surface area (Å²) in [6, 6.07) is 2.02. The van der Waals surface area contributed by atoms with Gasteiger partial charge in [-0.3, -0.25) is 14.2 Å². The van der Waals surface area contributed by atoms with Gasteiger partial charge >= 0.3 is 0 Å². The molecule has 24 heavy (non-hydrogen) atoms. The third-order valence-electron chi connectivity index (χ3n) is 3.92. The van der Waals surface area contributed by atoms with E-state index in [1.54, 1.807) is 4.57 Å². The molecule has 7 heteroatoms. The summed E-state index contributed by atoms with van der Waals surface area (Å²) in [5.74, 6) is 0.230. The lowest BCUT2D eigenvalue weighted by atomic mass is 10.3. The Balaban J connectivity index is 2.26. The second kappa shape index (κ2) is 8.37. The van der Waals surface area contributed by atoms with Gasteiger partial charge in [0.25, 0.3) is 5.56 Å². The van der Waals surface area contributed by atoms with E-state index in [4.69, 9.17) is 0 Å². The molecule has 2 rings (SSSR count). The van der Waals surface area contributed by atoms with Gasteiger partial charge in [-0.05, 0) is 32.8 Å². The minimum atomic E-state index is -0.0635. The number of rotatable bonds is 8. The van der Waals surface area contributed by atoms with Crippen molar-refractivity contribution >= 4 is 28.7 Å². The molecule has 0 radical (unpaired) electrons. The van der Waals surface area contributed by atoms with Gasteiger partial charge in [0, 0.05) is 18.3 Å². The van der Waals surface area contributed by atoms with Crippen LogP contribution >= 0.6 is 11.8 Å². The number of nitrogens with one attached hydrogen (secondary N) is 2. The van der Waals surface area contributed by atoms with Crippen molar-refractivity contribution < 1.29 is 4.79 Å². The summed E-state index contributed by atoms with van der Waals surface area (Å²) in [5.41, 5.74) is 2.05. The zero-order valence-electron chi connectivity index (χ0n) is 14.8. The summed E-state index contributed by atoms with van der Waals surface area (Å²) in [4.78, 5) is 32.4. The molecule has 1 atom stereocenters. The van der Waals surface area contributed by atoms with Gasteiger partial charge in [0.15, 0.2) is 5.16 Å². The number of fused-ring (bicyclic) bond motifs is 1. The van der Waals surface area contributed by atoms with Crippen molar-refractivity contribution in [2.24, 2.45) is 0 Å². The highest BCUT2D eigenvalue weighted by Gasteiger charge is 2.15. The molecule has 132 valence electrons. The van der Waals surface area contributed by atoms with Crippen molar-refractivity contribution in [2.75, 3.05) is 5.75 Å². The molecule has 1 unspecified atom stereocenters. The SMILES string of the molecule is CCCCn1c(SCC(=O)NC(C)CC)nc2cc(C)[nH]c2c1=O. The van der Waals surface area contributed by atoms with E-state index in [1.807, 2.05) is 26.8 Å². The van der Waals surface area contributed by atoms with Crippen molar-refractivity contribution in [2.45, 2.75) is 64.7 Å². The smallest absolute Gasteiger partial charge is 0.278 e. The maximum absolute atomic E-state index is 12.7. The molecular weight excluding hydrogens is 324 g/mol. The number of hydrogen-bond donors (Lipinski definition) is 2. The normalized spacial score (nSPS) is 12.5. The summed E-state index contributed by atoms with van der Waals surface area (Å²) in [5, 5.41) is 3.55. The fourth-order valence-corrected chi connectivity index (χ4v) is 3.22. The topological polar surface area (TPSA) is 79.8 Å². The number of thioether (sulfide) groups is 1. The lowest BCUT2D eigenvalue weighted by molar-refractivity contribution is -0.119. The van der Waals surface area contributed by atoms with Gasteiger partial charge < -0.3 is 10.3 Å². The number of carbonyl (C=O) groups excluding carboxylic acids is 1. The van der Waals surface area contributed by atoms with Gasteiger partial charge in [-0.25, -0.2) is 4.98 Å². The average molecular weight is 350 g/mol. The number of aromatic nitrogens is 3. The minimum absolute atomic E-state index is 0.0315. The van der Waals surface area contributed by atoms with Gasteiger partial charge in [0.05, 0.1) is 11.3 Å². The van der Waals surface area contributed by atoms with Crippen LogP contribution in [0.5, 0.6) is 0 Å². The standard InChI is InChI=1S/C17H26N4O2S/c1-5-7-8-21-16(23)15-13(9-12(4)19-15)20-17(21)24-10-14(22)18-11(3)6-2/h9,11,19H,5-8,10H2,1-4H3,(H,18,22). The summed E-state index contributed by atoms with van der Waals surface area (Å²) in [7, 11) is 0. The lowest BCUT2D eigenvalue weighted by Gasteiger charge is -2.13. The van der Waals surface area contributed by atoms with Crippen LogP contribution in [0.2, 0.25) is 0 Å². The largest absolute Gasteiger partial charge is 0.353 e. The quantitative estimate of drug-likeness (QED) is 0.567. The zero-order valence-corrected chi connectivity index (χ0v) is 15.6. The number of hydrogen-bond acceptors (Lipinski definition) is 4. The number of nitrogens with zero attached hydrogens (tertiary/aromatic N) is 2. The molecule has 0 aliphatic carbocycles. The molecule has 1 amide bonds. The third-order valence-corrected chi connectivity index (χ3v) is 4.90. The van der Waals surface area contributed by atoms with E-state index in [2.05, 4.69) is 22.2 Å². The van der Waals surface area contributed by atoms with E-state index < -0.39 is 0 Å². The van der Waals surface area contributed by atoms with E-state index >= 15 is 0 Å². The van der Waals surface area contributed by atoms with E-state index in [9.17, 15) is 9.59 Å². The monoisotopic (exact) mass is 350 g/mol. The molecule has 0 spiro atoms. The fraction of sp³-hybridized carbons (Fsp3) is 0.588. The molecule has 0 saturated carbocycles. The second-order valence-electron chi connectivity index (χ2n) is 6.08. The van der Waals surface area contributed by atoms with Crippen molar-refractivity contribution in [3.63, 3.8) is 0 Å². The van der Waals surface area contributed by atoms with Crippen LogP contribution in [0.25, 0.3) is 11.0 Å². The summed E-state index contributed by atoms with van der Waals surface area (Å²) in [6.45, 7) is 8.62. The van der Waals surface area contributed by atoms with Crippen LogP contribution in [0.15, 0.2) is 16.0 Å². The molecule has 2 aromatic rings. The van der Waals surface area contributed by atoms with Crippen LogP contribution in [0.3, 0.4) is 0 Å². The molecule has 2 N–H and O–H groups in total. The van der Waals surface area contributed by atoms with Gasteiger partial charge in [-0.15, -0.1) is 0 Å². The Hall–Kier alpha value is -1.76. The number of carbonyl (C=O) groups is 1. The minimum Gasteiger partial charge on any atom is -0.353 e. The van der Waals surface area contributed by atoms with Gasteiger partial charge in [-0.1, -0.05) is 32.0 Å². The summed E-state index contributed by atoms with van der Waals surface area (Å²) >= 11 is 1.32. The highest BCUT2D eigenvalue weighted by atomic mass is 32.2. The van der Waals surface area contributed by atoms with Crippen molar-refractivity contribution in [1.82, 2.24) is 19.9 Å². The second-order valence-corrected chi connectivity index (χ2v) is 7.03. The Bertz CT molecular complexity index is 766. The van der Waals surface area contributed by atoms with Gasteiger partial charge in [-0.2, -0.15) is 0 Å². The van der Waals surface area contributed by atoms with Crippen LogP contribution in [-0.2, 0) is 11.3 Å². The van der Waals surface area contributed by atoms with E-state index in [1.165, 1.54) is 11.8 Å². The summed E-state index contributed by atoms with van der Waals surface area (Å²) in [6.07, 6.45) is 2.79. The highest BCUT2D eigenvalue weighted by molar-refractivity contribution is 7.99. The van der Waals surface area contributed by atoms with Crippen LogP contribution in [0, 0.1) is 6.92 Å². The van der Waals surface area contributed by atoms with Crippen molar-refractivity contribution in [3.8, 4) is 0 Å². The van der Waals surface area contributed by atoms with Crippen LogP contribution in [0.1, 0.15) is 45.7 Å². The molecule has 2 heterocycles. The Morgan fingerprint density at radius 1 is 1.46 bits per heavy atom. The molecular formula is C17H26N4O2S. The predicted octanol–water partition coefficient (Wildman–Crippen LogP) is 2.84. The first kappa shape index (κ1) is 18.6. The fourth-order valence-electron chi connectivity index (χ4n) is 2.38. The Morgan fingerprint density at radius 2 is 2.21 bits per heavy atom. The first-order valence-corrected chi connectivity index (χ1v) is 9.47. The number of amides is 1. The van der Waals surface area contributed by atoms with Gasteiger partial charge in [0.1, 0.15) is 5.52 Å². The zero-order chi connectivity index (χ0) is 17.7. The van der Waals surface area contributed by atoms with Crippen LogP contribution < -0.4 is 10.9 Å². The maximum Gasteiger partial charge on any atom is 0.278 e. The summed E-state index contributed by atoms with van der Waals surface area (Å²) < 4.78 is 1.68. The van der Waals surface area contributed by atoms with E-state index in [0.717, 1.165) is 25.0 Å². The number of H-pyrrole nitrogens is 1.